The molecular weight excluding hydrogens is 307 g/mol. The van der Waals surface area contributed by atoms with Crippen LogP contribution < -0.4 is 5.30 Å². The molecular formula is C20H30ClP. The van der Waals surface area contributed by atoms with E-state index in [-0.39, 0.29) is 0 Å². The summed E-state index contributed by atoms with van der Waals surface area (Å²) in [6.45, 7) is 2.23. The highest BCUT2D eigenvalue weighted by Crippen LogP contribution is 2.74. The molecule has 22 heavy (non-hydrogen) atoms. The molecule has 0 bridgehead atoms. The molecule has 1 aromatic carbocycles. The van der Waals surface area contributed by atoms with Gasteiger partial charge in [-0.3, -0.25) is 0 Å². The number of hydrogen-bond donors (Lipinski definition) is 0. The van der Waals surface area contributed by atoms with E-state index >= 15 is 0 Å². The lowest BCUT2D eigenvalue weighted by Crippen LogP contribution is -2.34. The van der Waals surface area contributed by atoms with Gasteiger partial charge in [0.2, 0.25) is 0 Å². The van der Waals surface area contributed by atoms with Crippen molar-refractivity contribution in [1.29, 1.82) is 0 Å². The third kappa shape index (κ3) is 3.25. The molecule has 0 aromatic heterocycles. The van der Waals surface area contributed by atoms with Crippen LogP contribution in [0.4, 0.5) is 0 Å². The molecule has 0 spiro atoms. The van der Waals surface area contributed by atoms with Crippen molar-refractivity contribution < 1.29 is 0 Å². The van der Waals surface area contributed by atoms with Crippen molar-refractivity contribution in [2.75, 3.05) is 0 Å². The Labute approximate surface area is 142 Å². The predicted molar refractivity (Wildman–Crippen MR) is 102 cm³/mol. The van der Waals surface area contributed by atoms with Crippen LogP contribution in [0.5, 0.6) is 0 Å². The molecule has 0 aliphatic heterocycles. The van der Waals surface area contributed by atoms with Crippen LogP contribution in [0.15, 0.2) is 24.3 Å². The van der Waals surface area contributed by atoms with Crippen molar-refractivity contribution in [2.45, 2.75) is 82.4 Å². The van der Waals surface area contributed by atoms with Crippen molar-refractivity contribution in [3.05, 3.63) is 35.5 Å². The highest BCUT2D eigenvalue weighted by molar-refractivity contribution is 7.87. The van der Waals surface area contributed by atoms with Gasteiger partial charge in [0, 0.05) is 11.3 Å². The Bertz CT molecular complexity index is 454. The molecule has 2 saturated carbocycles. The molecule has 3 rings (SSSR count). The summed E-state index contributed by atoms with van der Waals surface area (Å²) in [6, 6.07) is 9.33. The number of halogens is 1. The summed E-state index contributed by atoms with van der Waals surface area (Å²) in [4.78, 5) is 0. The first-order valence-corrected chi connectivity index (χ1v) is 11.6. The first-order chi connectivity index (χ1) is 10.8. The number of rotatable bonds is 4. The summed E-state index contributed by atoms with van der Waals surface area (Å²) in [6.07, 6.45) is 14.1. The molecule has 0 amide bonds. The first-order valence-electron chi connectivity index (χ1n) is 9.17. The highest BCUT2D eigenvalue weighted by Gasteiger charge is 2.47. The largest absolute Gasteiger partial charge is 0.304 e. The molecule has 0 heterocycles. The average Bonchev–Trinajstić information content (AvgIpc) is 2.58. The van der Waals surface area contributed by atoms with E-state index in [0.717, 1.165) is 11.3 Å². The minimum absolute atomic E-state index is 0.851. The zero-order valence-corrected chi connectivity index (χ0v) is 15.6. The molecule has 0 nitrogen and oxygen atoms in total. The van der Waals surface area contributed by atoms with Crippen LogP contribution in [0.3, 0.4) is 0 Å². The second kappa shape index (κ2) is 7.67. The monoisotopic (exact) mass is 336 g/mol. The van der Waals surface area contributed by atoms with Gasteiger partial charge in [-0.1, -0.05) is 37.9 Å². The predicted octanol–water partition coefficient (Wildman–Crippen LogP) is 6.66. The standard InChI is InChI=1S/C20H30ClP/c1-17-9-8-14-20(15-17)22(16-21,18-10-4-2-5-11-18)19-12-6-3-7-13-19/h8-9,14-16,18-19H,2-7,10-13H2,1H3. The van der Waals surface area contributed by atoms with Gasteiger partial charge in [0.05, 0.1) is 5.30 Å². The van der Waals surface area contributed by atoms with Crippen LogP contribution in [-0.4, -0.2) is 11.3 Å². The molecule has 1 aromatic rings. The summed E-state index contributed by atoms with van der Waals surface area (Å²) in [5.41, 5.74) is 5.30. The lowest BCUT2D eigenvalue weighted by molar-refractivity contribution is 0.483. The fourth-order valence-electron chi connectivity index (χ4n) is 4.82. The quantitative estimate of drug-likeness (QED) is 0.426. The maximum Gasteiger partial charge on any atom is 0.0667 e. The van der Waals surface area contributed by atoms with Crippen LogP contribution in [0.25, 0.3) is 0 Å². The Balaban J connectivity index is 2.01. The van der Waals surface area contributed by atoms with Gasteiger partial charge in [-0.15, -0.1) is 0 Å². The number of hydrogen-bond acceptors (Lipinski definition) is 0. The molecule has 2 fully saturated rings. The van der Waals surface area contributed by atoms with E-state index < -0.39 is 7.26 Å². The second-order valence-electron chi connectivity index (χ2n) is 7.35. The lowest BCUT2D eigenvalue weighted by Gasteiger charge is -2.48. The Hall–Kier alpha value is -0.0600. The van der Waals surface area contributed by atoms with Gasteiger partial charge in [-0.05, 0) is 76.0 Å². The summed E-state index contributed by atoms with van der Waals surface area (Å²) < 4.78 is 0. The normalized spacial score (nSPS) is 21.9. The van der Waals surface area contributed by atoms with Gasteiger partial charge in [0.25, 0.3) is 0 Å². The van der Waals surface area contributed by atoms with Crippen LogP contribution in [0.1, 0.15) is 69.8 Å². The van der Waals surface area contributed by atoms with Crippen molar-refractivity contribution in [3.8, 4) is 0 Å². The minimum atomic E-state index is -1.37. The Morgan fingerprint density at radius 2 is 1.45 bits per heavy atom. The van der Waals surface area contributed by atoms with Gasteiger partial charge in [0.1, 0.15) is 0 Å². The Morgan fingerprint density at radius 1 is 0.909 bits per heavy atom. The molecule has 0 radical (unpaired) electrons. The van der Waals surface area contributed by atoms with E-state index in [0.29, 0.717) is 0 Å². The molecule has 122 valence electrons. The third-order valence-electron chi connectivity index (χ3n) is 5.97. The zero-order valence-electron chi connectivity index (χ0n) is 13.9. The zero-order chi connectivity index (χ0) is 15.4. The lowest BCUT2D eigenvalue weighted by atomic mass is 9.99. The molecule has 0 saturated heterocycles. The van der Waals surface area contributed by atoms with E-state index in [2.05, 4.69) is 36.8 Å². The Kier molecular flexibility index (Phi) is 5.85. The van der Waals surface area contributed by atoms with Gasteiger partial charge in [0.15, 0.2) is 0 Å². The first kappa shape index (κ1) is 16.8. The third-order valence-corrected chi connectivity index (χ3v) is 11.9. The van der Waals surface area contributed by atoms with E-state index in [1.54, 1.807) is 5.30 Å². The van der Waals surface area contributed by atoms with Crippen LogP contribution in [0, 0.1) is 12.5 Å². The average molecular weight is 337 g/mol. The summed E-state index contributed by atoms with van der Waals surface area (Å²) >= 11 is 6.70. The molecule has 0 N–H and O–H groups in total. The van der Waals surface area contributed by atoms with Crippen LogP contribution in [0.2, 0.25) is 0 Å². The highest BCUT2D eigenvalue weighted by atomic mass is 35.5. The minimum Gasteiger partial charge on any atom is -0.304 e. The topological polar surface area (TPSA) is 0 Å². The van der Waals surface area contributed by atoms with E-state index in [1.165, 1.54) is 69.8 Å². The van der Waals surface area contributed by atoms with Gasteiger partial charge in [-0.25, -0.2) is 0 Å². The summed E-state index contributed by atoms with van der Waals surface area (Å²) in [5.74, 6) is 0. The van der Waals surface area contributed by atoms with Gasteiger partial charge in [-0.2, -0.15) is 0 Å². The SMILES string of the molecule is Cc1cccc([P+]([CH-]Cl)(C2CCCCC2)C2CCCCC2)c1. The molecule has 2 heteroatoms. The van der Waals surface area contributed by atoms with Crippen molar-refractivity contribution in [1.82, 2.24) is 0 Å². The Morgan fingerprint density at radius 3 is 1.91 bits per heavy atom. The van der Waals surface area contributed by atoms with Gasteiger partial charge < -0.3 is 11.6 Å². The fraction of sp³-hybridized carbons (Fsp3) is 0.650. The molecule has 0 atom stereocenters. The summed E-state index contributed by atoms with van der Waals surface area (Å²) in [5, 5.41) is 1.60. The number of aryl methyl sites for hydroxylation is 1. The molecule has 2 aliphatic rings. The maximum absolute atomic E-state index is 6.70. The van der Waals surface area contributed by atoms with E-state index in [1.807, 2.05) is 0 Å². The number of benzene rings is 1. The molecule has 0 unspecified atom stereocenters. The van der Waals surface area contributed by atoms with Crippen molar-refractivity contribution in [2.24, 2.45) is 0 Å². The van der Waals surface area contributed by atoms with E-state index in [4.69, 9.17) is 11.6 Å². The van der Waals surface area contributed by atoms with Crippen LogP contribution >= 0.6 is 18.9 Å². The molecule has 2 aliphatic carbocycles. The second-order valence-corrected chi connectivity index (χ2v) is 11.8. The van der Waals surface area contributed by atoms with Gasteiger partial charge >= 0.3 is 0 Å². The van der Waals surface area contributed by atoms with Crippen molar-refractivity contribution in [3.63, 3.8) is 0 Å². The van der Waals surface area contributed by atoms with E-state index in [9.17, 15) is 0 Å². The fourth-order valence-corrected chi connectivity index (χ4v) is 11.2. The summed E-state index contributed by atoms with van der Waals surface area (Å²) in [7, 11) is -1.37. The van der Waals surface area contributed by atoms with Crippen LogP contribution in [-0.2, 0) is 0 Å². The smallest absolute Gasteiger partial charge is 0.0667 e. The van der Waals surface area contributed by atoms with Crippen molar-refractivity contribution >= 4 is 24.2 Å². The maximum atomic E-state index is 6.70.